The fraction of sp³-hybridized carbons (Fsp3) is 0.0909. The first kappa shape index (κ1) is 11.8. The van der Waals surface area contributed by atoms with Crippen LogP contribution in [0, 0.1) is 0 Å². The third-order valence-electron chi connectivity index (χ3n) is 2.27. The summed E-state index contributed by atoms with van der Waals surface area (Å²) < 4.78 is 2.47. The van der Waals surface area contributed by atoms with Gasteiger partial charge in [-0.25, -0.2) is 10.8 Å². The number of hydrazine groups is 1. The van der Waals surface area contributed by atoms with Gasteiger partial charge in [0.2, 0.25) is 0 Å². The van der Waals surface area contributed by atoms with Crippen LogP contribution in [0.3, 0.4) is 0 Å². The molecule has 0 unspecified atom stereocenters. The minimum absolute atomic E-state index is 0.0470. The zero-order valence-electron chi connectivity index (χ0n) is 8.93. The second-order valence-electron chi connectivity index (χ2n) is 3.51. The van der Waals surface area contributed by atoms with Crippen molar-refractivity contribution in [1.29, 1.82) is 0 Å². The molecule has 0 atom stereocenters. The lowest BCUT2D eigenvalue weighted by molar-refractivity contribution is 0.753. The van der Waals surface area contributed by atoms with Crippen molar-refractivity contribution in [3.8, 4) is 0 Å². The van der Waals surface area contributed by atoms with Gasteiger partial charge in [0.05, 0.1) is 6.54 Å². The fourth-order valence-corrected chi connectivity index (χ4v) is 1.81. The molecule has 2 aromatic rings. The lowest BCUT2D eigenvalue weighted by Gasteiger charge is -2.06. The predicted molar refractivity (Wildman–Crippen MR) is 69.6 cm³/mol. The Kier molecular flexibility index (Phi) is 3.55. The maximum absolute atomic E-state index is 11.6. The van der Waals surface area contributed by atoms with Crippen LogP contribution in [0.5, 0.6) is 0 Å². The third kappa shape index (κ3) is 2.92. The fourth-order valence-electron chi connectivity index (χ4n) is 1.43. The van der Waals surface area contributed by atoms with Gasteiger partial charge in [-0.2, -0.15) is 0 Å². The highest BCUT2D eigenvalue weighted by molar-refractivity contribution is 9.10. The van der Waals surface area contributed by atoms with E-state index in [4.69, 9.17) is 5.84 Å². The molecule has 0 spiro atoms. The van der Waals surface area contributed by atoms with Crippen molar-refractivity contribution in [3.63, 3.8) is 0 Å². The summed E-state index contributed by atoms with van der Waals surface area (Å²) >= 11 is 3.33. The molecular weight excluding hydrogens is 284 g/mol. The van der Waals surface area contributed by atoms with Crippen molar-refractivity contribution in [1.82, 2.24) is 9.55 Å². The second-order valence-corrected chi connectivity index (χ2v) is 4.43. The van der Waals surface area contributed by atoms with Crippen molar-refractivity contribution < 1.29 is 0 Å². The van der Waals surface area contributed by atoms with E-state index in [-0.39, 0.29) is 5.56 Å². The number of anilines is 1. The number of nitrogens with two attached hydrogens (primary N) is 1. The number of pyridine rings is 2. The van der Waals surface area contributed by atoms with Crippen molar-refractivity contribution >= 4 is 21.7 Å². The summed E-state index contributed by atoms with van der Waals surface area (Å²) in [4.78, 5) is 15.7. The Morgan fingerprint density at radius 3 is 2.82 bits per heavy atom. The van der Waals surface area contributed by atoms with Crippen molar-refractivity contribution in [3.05, 3.63) is 57.0 Å². The highest BCUT2D eigenvalue weighted by Gasteiger charge is 1.99. The molecule has 6 heteroatoms. The Labute approximate surface area is 106 Å². The van der Waals surface area contributed by atoms with Gasteiger partial charge in [0, 0.05) is 22.9 Å². The summed E-state index contributed by atoms with van der Waals surface area (Å²) in [7, 11) is 0. The van der Waals surface area contributed by atoms with Gasteiger partial charge < -0.3 is 9.99 Å². The smallest absolute Gasteiger partial charge is 0.250 e. The summed E-state index contributed by atoms with van der Waals surface area (Å²) in [5.41, 5.74) is 3.34. The number of nitrogens with one attached hydrogen (secondary N) is 1. The molecule has 0 amide bonds. The van der Waals surface area contributed by atoms with E-state index >= 15 is 0 Å². The molecule has 2 rings (SSSR count). The van der Waals surface area contributed by atoms with Gasteiger partial charge in [0.25, 0.3) is 5.56 Å². The molecular formula is C11H11BrN4O. The standard InChI is InChI=1S/C11H11BrN4O/c12-9-2-4-11(17)16(7-9)6-8-1-3-10(15-13)14-5-8/h1-5,7H,6,13H2,(H,14,15). The maximum Gasteiger partial charge on any atom is 0.250 e. The quantitative estimate of drug-likeness (QED) is 0.662. The SMILES string of the molecule is NNc1ccc(Cn2cc(Br)ccc2=O)cn1. The van der Waals surface area contributed by atoms with Gasteiger partial charge in [-0.1, -0.05) is 6.07 Å². The van der Waals surface area contributed by atoms with Gasteiger partial charge >= 0.3 is 0 Å². The van der Waals surface area contributed by atoms with Crippen LogP contribution in [0.1, 0.15) is 5.56 Å². The van der Waals surface area contributed by atoms with Gasteiger partial charge in [0.15, 0.2) is 0 Å². The lowest BCUT2D eigenvalue weighted by Crippen LogP contribution is -2.19. The number of nitrogens with zero attached hydrogens (tertiary/aromatic N) is 2. The summed E-state index contributed by atoms with van der Waals surface area (Å²) in [5.74, 6) is 5.82. The summed E-state index contributed by atoms with van der Waals surface area (Å²) in [6, 6.07) is 6.87. The number of rotatable bonds is 3. The van der Waals surface area contributed by atoms with Gasteiger partial charge in [-0.05, 0) is 33.6 Å². The van der Waals surface area contributed by atoms with E-state index in [1.54, 1.807) is 29.1 Å². The summed E-state index contributed by atoms with van der Waals surface area (Å²) in [6.45, 7) is 0.482. The van der Waals surface area contributed by atoms with Crippen LogP contribution in [-0.2, 0) is 6.54 Å². The molecule has 2 heterocycles. The van der Waals surface area contributed by atoms with Gasteiger partial charge in [-0.3, -0.25) is 4.79 Å². The molecule has 0 aliphatic heterocycles. The van der Waals surface area contributed by atoms with E-state index in [1.165, 1.54) is 6.07 Å². The number of aromatic nitrogens is 2. The topological polar surface area (TPSA) is 72.9 Å². The van der Waals surface area contributed by atoms with Crippen LogP contribution in [0.2, 0.25) is 0 Å². The van der Waals surface area contributed by atoms with E-state index in [9.17, 15) is 4.79 Å². The molecule has 0 fully saturated rings. The molecule has 0 bridgehead atoms. The molecule has 88 valence electrons. The van der Waals surface area contributed by atoms with Crippen molar-refractivity contribution in [2.24, 2.45) is 5.84 Å². The molecule has 0 aliphatic carbocycles. The minimum Gasteiger partial charge on any atom is -0.310 e. The Hall–Kier alpha value is -1.66. The molecule has 0 radical (unpaired) electrons. The molecule has 5 nitrogen and oxygen atoms in total. The van der Waals surface area contributed by atoms with Crippen LogP contribution in [0.4, 0.5) is 5.82 Å². The van der Waals surface area contributed by atoms with Crippen LogP contribution in [0.25, 0.3) is 0 Å². The summed E-state index contributed by atoms with van der Waals surface area (Å²) in [5, 5.41) is 0. The van der Waals surface area contributed by atoms with Crippen molar-refractivity contribution in [2.75, 3.05) is 5.43 Å². The van der Waals surface area contributed by atoms with Crippen LogP contribution in [-0.4, -0.2) is 9.55 Å². The van der Waals surface area contributed by atoms with E-state index in [2.05, 4.69) is 26.3 Å². The van der Waals surface area contributed by atoms with E-state index in [1.807, 2.05) is 6.07 Å². The molecule has 0 aliphatic rings. The Bertz CT molecular complexity index is 564. The monoisotopic (exact) mass is 294 g/mol. The maximum atomic E-state index is 11.6. The summed E-state index contributed by atoms with van der Waals surface area (Å²) in [6.07, 6.45) is 3.43. The van der Waals surface area contributed by atoms with Gasteiger partial charge in [-0.15, -0.1) is 0 Å². The highest BCUT2D eigenvalue weighted by Crippen LogP contribution is 2.08. The number of nitrogen functional groups attached to an aromatic ring is 1. The van der Waals surface area contributed by atoms with E-state index < -0.39 is 0 Å². The first-order chi connectivity index (χ1) is 8.19. The Morgan fingerprint density at radius 2 is 2.18 bits per heavy atom. The van der Waals surface area contributed by atoms with Crippen molar-refractivity contribution in [2.45, 2.75) is 6.54 Å². The first-order valence-corrected chi connectivity index (χ1v) is 5.76. The molecule has 0 aromatic carbocycles. The highest BCUT2D eigenvalue weighted by atomic mass is 79.9. The average Bonchev–Trinajstić information content (AvgIpc) is 2.35. The largest absolute Gasteiger partial charge is 0.310 e. The van der Waals surface area contributed by atoms with Gasteiger partial charge in [0.1, 0.15) is 5.82 Å². The Balaban J connectivity index is 2.25. The molecule has 2 aromatic heterocycles. The third-order valence-corrected chi connectivity index (χ3v) is 2.74. The first-order valence-electron chi connectivity index (χ1n) is 4.96. The second kappa shape index (κ2) is 5.11. The molecule has 0 saturated heterocycles. The predicted octanol–water partition coefficient (Wildman–Crippen LogP) is 1.34. The van der Waals surface area contributed by atoms with E-state index in [0.717, 1.165) is 10.0 Å². The lowest BCUT2D eigenvalue weighted by atomic mass is 10.3. The molecule has 0 saturated carbocycles. The number of halogens is 1. The zero-order valence-corrected chi connectivity index (χ0v) is 10.5. The van der Waals surface area contributed by atoms with Crippen LogP contribution >= 0.6 is 15.9 Å². The van der Waals surface area contributed by atoms with E-state index in [0.29, 0.717) is 12.4 Å². The zero-order chi connectivity index (χ0) is 12.3. The molecule has 17 heavy (non-hydrogen) atoms. The molecule has 3 N–H and O–H groups in total. The Morgan fingerprint density at radius 1 is 1.35 bits per heavy atom. The minimum atomic E-state index is -0.0470. The number of hydrogen-bond donors (Lipinski definition) is 2. The average molecular weight is 295 g/mol. The number of hydrogen-bond acceptors (Lipinski definition) is 4. The van der Waals surface area contributed by atoms with Crippen LogP contribution in [0.15, 0.2) is 45.9 Å². The normalized spacial score (nSPS) is 10.2. The van der Waals surface area contributed by atoms with Crippen LogP contribution < -0.4 is 16.8 Å².